The lowest BCUT2D eigenvalue weighted by atomic mass is 9.85. The lowest BCUT2D eigenvalue weighted by Gasteiger charge is -2.42. The Balaban J connectivity index is 0.00000253. The Kier molecular flexibility index (Phi) is 11.8. The fourth-order valence-electron chi connectivity index (χ4n) is 4.91. The van der Waals surface area contributed by atoms with Gasteiger partial charge in [-0.25, -0.2) is 8.78 Å². The summed E-state index contributed by atoms with van der Waals surface area (Å²) < 4.78 is 32.9. The summed E-state index contributed by atoms with van der Waals surface area (Å²) in [5.74, 6) is 0.289. The van der Waals surface area contributed by atoms with Crippen molar-refractivity contribution in [2.45, 2.75) is 50.9 Å². The average Bonchev–Trinajstić information content (AvgIpc) is 2.86. The molecule has 4 nitrogen and oxygen atoms in total. The van der Waals surface area contributed by atoms with Crippen LogP contribution in [0, 0.1) is 11.6 Å². The first-order chi connectivity index (χ1) is 17.2. The van der Waals surface area contributed by atoms with Crippen LogP contribution in [-0.2, 0) is 0 Å². The Bertz CT molecular complexity index is 1060. The molecule has 0 unspecified atom stereocenters. The van der Waals surface area contributed by atoms with Gasteiger partial charge in [0.15, 0.2) is 0 Å². The van der Waals surface area contributed by atoms with Gasteiger partial charge < -0.3 is 14.7 Å². The first kappa shape index (κ1) is 31.8. The van der Waals surface area contributed by atoms with Crippen molar-refractivity contribution < 1.29 is 18.6 Å². The molecule has 1 aliphatic heterocycles. The number of benzene rings is 3. The first-order valence-electron chi connectivity index (χ1n) is 12.7. The molecule has 0 aliphatic carbocycles. The number of anilines is 1. The Morgan fingerprint density at radius 3 is 1.76 bits per heavy atom. The van der Waals surface area contributed by atoms with Crippen LogP contribution in [0.1, 0.15) is 50.3 Å². The zero-order valence-electron chi connectivity index (χ0n) is 22.1. The maximum Gasteiger partial charge on any atom is 0.123 e. The molecule has 4 rings (SSSR count). The number of aliphatic hydroxyl groups is 1. The second kappa shape index (κ2) is 14.1. The second-order valence-electron chi connectivity index (χ2n) is 10.1. The molecule has 0 bridgehead atoms. The number of halogens is 4. The van der Waals surface area contributed by atoms with Gasteiger partial charge >= 0.3 is 0 Å². The van der Waals surface area contributed by atoms with E-state index < -0.39 is 5.60 Å². The van der Waals surface area contributed by atoms with Crippen LogP contribution in [0.15, 0.2) is 72.8 Å². The maximum absolute atomic E-state index is 13.6. The minimum atomic E-state index is -0.748. The third kappa shape index (κ3) is 8.31. The lowest BCUT2D eigenvalue weighted by molar-refractivity contribution is -0.0321. The molecule has 1 heterocycles. The van der Waals surface area contributed by atoms with Gasteiger partial charge in [-0.05, 0) is 92.8 Å². The zero-order chi connectivity index (χ0) is 25.7. The highest BCUT2D eigenvalue weighted by atomic mass is 35.5. The van der Waals surface area contributed by atoms with Gasteiger partial charge in [0.25, 0.3) is 0 Å². The second-order valence-corrected chi connectivity index (χ2v) is 10.1. The van der Waals surface area contributed by atoms with Crippen molar-refractivity contribution in [1.82, 2.24) is 4.90 Å². The Morgan fingerprint density at radius 1 is 0.842 bits per heavy atom. The van der Waals surface area contributed by atoms with E-state index in [1.165, 1.54) is 24.3 Å². The van der Waals surface area contributed by atoms with Crippen LogP contribution < -0.4 is 9.64 Å². The molecule has 0 aromatic heterocycles. The van der Waals surface area contributed by atoms with Gasteiger partial charge in [-0.15, -0.1) is 24.8 Å². The highest BCUT2D eigenvalue weighted by Crippen LogP contribution is 2.35. The van der Waals surface area contributed by atoms with E-state index in [-0.39, 0.29) is 48.6 Å². The molecule has 1 N–H and O–H groups in total. The largest absolute Gasteiger partial charge is 0.491 e. The molecule has 0 spiro atoms. The number of nitrogens with zero attached hydrogens (tertiary/aromatic N) is 2. The molecule has 3 aromatic rings. The molecule has 0 radical (unpaired) electrons. The lowest BCUT2D eigenvalue weighted by Crippen LogP contribution is -2.47. The SMILES string of the molecule is CC(C)Oc1ccc(N(C)CCC2(O)CCN(C(c3ccc(F)cc3)c3ccc(F)cc3)CC2)cc1.Cl.Cl. The highest BCUT2D eigenvalue weighted by Gasteiger charge is 2.35. The normalized spacial score (nSPS) is 15.1. The van der Waals surface area contributed by atoms with Crippen molar-refractivity contribution >= 4 is 30.5 Å². The van der Waals surface area contributed by atoms with Crippen LogP contribution >= 0.6 is 24.8 Å². The van der Waals surface area contributed by atoms with E-state index in [1.807, 2.05) is 45.2 Å². The summed E-state index contributed by atoms with van der Waals surface area (Å²) in [6.45, 7) is 6.14. The summed E-state index contributed by atoms with van der Waals surface area (Å²) in [5, 5.41) is 11.4. The van der Waals surface area contributed by atoms with E-state index >= 15 is 0 Å². The van der Waals surface area contributed by atoms with E-state index in [0.29, 0.717) is 32.4 Å². The van der Waals surface area contributed by atoms with Crippen molar-refractivity contribution in [2.75, 3.05) is 31.6 Å². The fourth-order valence-corrected chi connectivity index (χ4v) is 4.91. The monoisotopic (exact) mass is 566 g/mol. The number of piperidine rings is 1. The van der Waals surface area contributed by atoms with Gasteiger partial charge in [0.2, 0.25) is 0 Å². The Labute approximate surface area is 237 Å². The fraction of sp³-hybridized carbons (Fsp3) is 0.400. The smallest absolute Gasteiger partial charge is 0.123 e. The molecule has 8 heteroatoms. The zero-order valence-corrected chi connectivity index (χ0v) is 23.8. The van der Waals surface area contributed by atoms with Crippen molar-refractivity contribution in [2.24, 2.45) is 0 Å². The minimum absolute atomic E-state index is 0. The third-order valence-electron chi connectivity index (χ3n) is 7.03. The molecule has 0 atom stereocenters. The van der Waals surface area contributed by atoms with Gasteiger partial charge in [0, 0.05) is 32.4 Å². The minimum Gasteiger partial charge on any atom is -0.491 e. The predicted molar refractivity (Wildman–Crippen MR) is 155 cm³/mol. The van der Waals surface area contributed by atoms with E-state index in [4.69, 9.17) is 4.74 Å². The number of hydrogen-bond donors (Lipinski definition) is 1. The summed E-state index contributed by atoms with van der Waals surface area (Å²) in [4.78, 5) is 4.45. The number of rotatable bonds is 9. The number of ether oxygens (including phenoxy) is 1. The van der Waals surface area contributed by atoms with Gasteiger partial charge in [0.1, 0.15) is 17.4 Å². The van der Waals surface area contributed by atoms with Crippen LogP contribution in [0.5, 0.6) is 5.75 Å². The highest BCUT2D eigenvalue weighted by molar-refractivity contribution is 5.85. The number of hydrogen-bond acceptors (Lipinski definition) is 4. The van der Waals surface area contributed by atoms with Crippen molar-refractivity contribution in [3.05, 3.63) is 95.6 Å². The molecular formula is C30H38Cl2F2N2O2. The molecule has 38 heavy (non-hydrogen) atoms. The maximum atomic E-state index is 13.6. The molecule has 3 aromatic carbocycles. The van der Waals surface area contributed by atoms with E-state index in [1.54, 1.807) is 24.3 Å². The third-order valence-corrected chi connectivity index (χ3v) is 7.03. The standard InChI is InChI=1S/C30H36F2N2O2.2ClH/c1-22(2)36-28-14-12-27(13-15-28)33(3)19-16-30(35)17-20-34(21-18-30)29(23-4-8-25(31)9-5-23)24-6-10-26(32)11-7-24;;/h4-15,22,29,35H,16-21H2,1-3H3;2*1H. The molecule has 1 fully saturated rings. The average molecular weight is 568 g/mol. The summed E-state index contributed by atoms with van der Waals surface area (Å²) in [6.07, 6.45) is 2.08. The van der Waals surface area contributed by atoms with Crippen LogP contribution in [-0.4, -0.2) is 48.4 Å². The van der Waals surface area contributed by atoms with E-state index in [2.05, 4.69) is 9.80 Å². The Morgan fingerprint density at radius 2 is 1.32 bits per heavy atom. The van der Waals surface area contributed by atoms with Crippen LogP contribution in [0.4, 0.5) is 14.5 Å². The molecule has 1 aliphatic rings. The van der Waals surface area contributed by atoms with Gasteiger partial charge in [0.05, 0.1) is 17.7 Å². The molecule has 0 saturated carbocycles. The topological polar surface area (TPSA) is 35.9 Å². The molecular weight excluding hydrogens is 529 g/mol. The van der Waals surface area contributed by atoms with Gasteiger partial charge in [-0.1, -0.05) is 24.3 Å². The van der Waals surface area contributed by atoms with Gasteiger partial charge in [-0.2, -0.15) is 0 Å². The summed E-state index contributed by atoms with van der Waals surface area (Å²) in [5.41, 5.74) is 2.25. The van der Waals surface area contributed by atoms with Crippen LogP contribution in [0.3, 0.4) is 0 Å². The molecule has 208 valence electrons. The first-order valence-corrected chi connectivity index (χ1v) is 12.7. The van der Waals surface area contributed by atoms with Gasteiger partial charge in [-0.3, -0.25) is 4.90 Å². The van der Waals surface area contributed by atoms with E-state index in [9.17, 15) is 13.9 Å². The summed E-state index contributed by atoms with van der Waals surface area (Å²) in [6, 6.07) is 20.9. The molecule has 0 amide bonds. The van der Waals surface area contributed by atoms with Crippen molar-refractivity contribution in [1.29, 1.82) is 0 Å². The van der Waals surface area contributed by atoms with Crippen molar-refractivity contribution in [3.8, 4) is 5.75 Å². The Hall–Kier alpha value is -2.38. The van der Waals surface area contributed by atoms with Crippen LogP contribution in [0.2, 0.25) is 0 Å². The van der Waals surface area contributed by atoms with Crippen LogP contribution in [0.25, 0.3) is 0 Å². The van der Waals surface area contributed by atoms with Crippen molar-refractivity contribution in [3.63, 3.8) is 0 Å². The predicted octanol–water partition coefficient (Wildman–Crippen LogP) is 7.04. The molecule has 1 saturated heterocycles. The quantitative estimate of drug-likeness (QED) is 0.301. The van der Waals surface area contributed by atoms with E-state index in [0.717, 1.165) is 29.1 Å². The summed E-state index contributed by atoms with van der Waals surface area (Å²) >= 11 is 0. The summed E-state index contributed by atoms with van der Waals surface area (Å²) in [7, 11) is 2.04. The number of likely N-dealkylation sites (tertiary alicyclic amines) is 1.